The van der Waals surface area contributed by atoms with E-state index >= 15 is 0 Å². The zero-order valence-electron chi connectivity index (χ0n) is 13.5. The summed E-state index contributed by atoms with van der Waals surface area (Å²) < 4.78 is 16.0. The number of quaternary nitrogens is 1. The molecule has 0 radical (unpaired) electrons. The van der Waals surface area contributed by atoms with E-state index in [1.54, 1.807) is 21.3 Å². The summed E-state index contributed by atoms with van der Waals surface area (Å²) in [5, 5.41) is 2.27. The minimum absolute atomic E-state index is 0.814. The van der Waals surface area contributed by atoms with Crippen molar-refractivity contribution < 1.29 is 19.5 Å². The number of hydrogen-bond acceptors (Lipinski definition) is 3. The lowest BCUT2D eigenvalue weighted by atomic mass is 10.1. The predicted octanol–water partition coefficient (Wildman–Crippen LogP) is 2.02. The van der Waals surface area contributed by atoms with Crippen LogP contribution in [0.25, 0.3) is 0 Å². The summed E-state index contributed by atoms with van der Waals surface area (Å²) in [6.07, 6.45) is 0.975. The van der Waals surface area contributed by atoms with Crippen LogP contribution in [-0.2, 0) is 13.0 Å². The molecule has 2 N–H and O–H groups in total. The van der Waals surface area contributed by atoms with Gasteiger partial charge in [0.15, 0.2) is 0 Å². The molecule has 0 saturated carbocycles. The van der Waals surface area contributed by atoms with Crippen LogP contribution in [0.5, 0.6) is 17.2 Å². The van der Waals surface area contributed by atoms with Crippen LogP contribution in [-0.4, -0.2) is 27.9 Å². The van der Waals surface area contributed by atoms with Gasteiger partial charge in [-0.25, -0.2) is 0 Å². The second kappa shape index (κ2) is 8.29. The van der Waals surface area contributed by atoms with Crippen molar-refractivity contribution in [3.63, 3.8) is 0 Å². The summed E-state index contributed by atoms with van der Waals surface area (Å²) in [5.74, 6) is 2.64. The van der Waals surface area contributed by atoms with E-state index in [1.807, 2.05) is 30.3 Å². The van der Waals surface area contributed by atoms with Gasteiger partial charge >= 0.3 is 0 Å². The Kier molecular flexibility index (Phi) is 6.10. The topological polar surface area (TPSA) is 44.3 Å². The second-order valence-corrected chi connectivity index (χ2v) is 5.02. The lowest BCUT2D eigenvalue weighted by Gasteiger charge is -2.10. The number of hydrogen-bond donors (Lipinski definition) is 1. The number of ether oxygens (including phenoxy) is 3. The quantitative estimate of drug-likeness (QED) is 0.759. The van der Waals surface area contributed by atoms with Crippen LogP contribution in [0.15, 0.2) is 42.5 Å². The van der Waals surface area contributed by atoms with Gasteiger partial charge in [-0.05, 0) is 23.8 Å². The first-order chi connectivity index (χ1) is 10.8. The fraction of sp³-hybridized carbons (Fsp3) is 0.333. The van der Waals surface area contributed by atoms with Gasteiger partial charge in [-0.2, -0.15) is 0 Å². The average Bonchev–Trinajstić information content (AvgIpc) is 2.59. The van der Waals surface area contributed by atoms with Gasteiger partial charge in [0.25, 0.3) is 0 Å². The van der Waals surface area contributed by atoms with E-state index in [9.17, 15) is 0 Å². The Morgan fingerprint density at radius 2 is 1.59 bits per heavy atom. The van der Waals surface area contributed by atoms with Crippen LogP contribution in [0, 0.1) is 0 Å². The molecule has 0 fully saturated rings. The summed E-state index contributed by atoms with van der Waals surface area (Å²) in [7, 11) is 5.06. The average molecular weight is 302 g/mol. The van der Waals surface area contributed by atoms with Crippen molar-refractivity contribution in [2.45, 2.75) is 13.0 Å². The first-order valence-electron chi connectivity index (χ1n) is 7.43. The van der Waals surface area contributed by atoms with E-state index in [2.05, 4.69) is 17.4 Å². The van der Waals surface area contributed by atoms with Crippen molar-refractivity contribution in [1.82, 2.24) is 0 Å². The lowest BCUT2D eigenvalue weighted by molar-refractivity contribution is -0.670. The first kappa shape index (κ1) is 16.2. The summed E-state index contributed by atoms with van der Waals surface area (Å²) in [6.45, 7) is 1.87. The molecule has 0 aliphatic carbocycles. The maximum atomic E-state index is 5.42. The molecule has 0 unspecified atom stereocenters. The van der Waals surface area contributed by atoms with Crippen molar-refractivity contribution in [3.8, 4) is 17.2 Å². The Morgan fingerprint density at radius 3 is 2.32 bits per heavy atom. The normalized spacial score (nSPS) is 10.3. The van der Waals surface area contributed by atoms with Gasteiger partial charge in [-0.3, -0.25) is 0 Å². The highest BCUT2D eigenvalue weighted by Crippen LogP contribution is 2.23. The fourth-order valence-corrected chi connectivity index (χ4v) is 2.45. The Labute approximate surface area is 132 Å². The zero-order valence-corrected chi connectivity index (χ0v) is 13.5. The molecular weight excluding hydrogens is 278 g/mol. The minimum Gasteiger partial charge on any atom is -0.497 e. The molecule has 22 heavy (non-hydrogen) atoms. The van der Waals surface area contributed by atoms with Crippen LogP contribution in [0.4, 0.5) is 0 Å². The molecule has 4 heteroatoms. The van der Waals surface area contributed by atoms with Crippen LogP contribution in [0.1, 0.15) is 11.1 Å². The summed E-state index contributed by atoms with van der Waals surface area (Å²) in [6, 6.07) is 14.1. The van der Waals surface area contributed by atoms with E-state index in [0.717, 1.165) is 36.8 Å². The van der Waals surface area contributed by atoms with Gasteiger partial charge < -0.3 is 19.5 Å². The Balaban J connectivity index is 1.89. The molecule has 0 aliphatic rings. The van der Waals surface area contributed by atoms with Crippen molar-refractivity contribution in [1.29, 1.82) is 0 Å². The number of nitrogens with two attached hydrogens (primary N) is 1. The van der Waals surface area contributed by atoms with Gasteiger partial charge in [0.05, 0.1) is 27.9 Å². The number of benzene rings is 2. The van der Waals surface area contributed by atoms with Gasteiger partial charge in [0.2, 0.25) is 0 Å². The van der Waals surface area contributed by atoms with E-state index in [1.165, 1.54) is 11.1 Å². The Morgan fingerprint density at radius 1 is 0.818 bits per heavy atom. The Bertz CT molecular complexity index is 599. The van der Waals surface area contributed by atoms with Gasteiger partial charge in [-0.15, -0.1) is 0 Å². The molecule has 118 valence electrons. The smallest absolute Gasteiger partial charge is 0.131 e. The number of methoxy groups -OCH3 is 3. The molecule has 0 saturated heterocycles. The Hall–Kier alpha value is -2.20. The van der Waals surface area contributed by atoms with Crippen LogP contribution in [0.3, 0.4) is 0 Å². The van der Waals surface area contributed by atoms with Crippen LogP contribution >= 0.6 is 0 Å². The van der Waals surface area contributed by atoms with Crippen molar-refractivity contribution in [2.75, 3.05) is 27.9 Å². The first-order valence-corrected chi connectivity index (χ1v) is 7.43. The molecule has 0 spiro atoms. The number of para-hydroxylation sites is 1. The van der Waals surface area contributed by atoms with E-state index in [0.29, 0.717) is 0 Å². The molecule has 0 bridgehead atoms. The van der Waals surface area contributed by atoms with Crippen LogP contribution in [0.2, 0.25) is 0 Å². The van der Waals surface area contributed by atoms with E-state index < -0.39 is 0 Å². The van der Waals surface area contributed by atoms with E-state index in [4.69, 9.17) is 14.2 Å². The van der Waals surface area contributed by atoms with Crippen molar-refractivity contribution >= 4 is 0 Å². The SMILES string of the molecule is COc1ccc(C[NH2+]CCc2ccccc2OC)c(OC)c1. The van der Waals surface area contributed by atoms with E-state index in [-0.39, 0.29) is 0 Å². The number of rotatable bonds is 8. The predicted molar refractivity (Wildman–Crippen MR) is 86.7 cm³/mol. The van der Waals surface area contributed by atoms with Crippen molar-refractivity contribution in [3.05, 3.63) is 53.6 Å². The molecule has 0 atom stereocenters. The molecule has 2 aromatic carbocycles. The summed E-state index contributed by atoms with van der Waals surface area (Å²) in [5.41, 5.74) is 2.41. The maximum absolute atomic E-state index is 5.42. The lowest BCUT2D eigenvalue weighted by Crippen LogP contribution is -2.83. The largest absolute Gasteiger partial charge is 0.497 e. The molecule has 2 rings (SSSR count). The summed E-state index contributed by atoms with van der Waals surface area (Å²) in [4.78, 5) is 0. The third-order valence-corrected chi connectivity index (χ3v) is 3.67. The second-order valence-electron chi connectivity index (χ2n) is 5.02. The highest BCUT2D eigenvalue weighted by atomic mass is 16.5. The third-order valence-electron chi connectivity index (χ3n) is 3.67. The molecule has 0 amide bonds. The van der Waals surface area contributed by atoms with Crippen LogP contribution < -0.4 is 19.5 Å². The third kappa shape index (κ3) is 4.15. The summed E-state index contributed by atoms with van der Waals surface area (Å²) >= 11 is 0. The van der Waals surface area contributed by atoms with Gasteiger partial charge in [0, 0.05) is 18.1 Å². The monoisotopic (exact) mass is 302 g/mol. The highest BCUT2D eigenvalue weighted by Gasteiger charge is 2.07. The van der Waals surface area contributed by atoms with Gasteiger partial charge in [-0.1, -0.05) is 18.2 Å². The molecule has 0 aromatic heterocycles. The maximum Gasteiger partial charge on any atom is 0.131 e. The highest BCUT2D eigenvalue weighted by molar-refractivity contribution is 5.40. The standard InChI is InChI=1S/C18H23NO3/c1-20-16-9-8-15(18(12-16)22-3)13-19-11-10-14-6-4-5-7-17(14)21-2/h4-9,12,19H,10-11,13H2,1-3H3/p+1. The minimum atomic E-state index is 0.814. The zero-order chi connectivity index (χ0) is 15.8. The molecular formula is C18H24NO3+. The molecule has 0 heterocycles. The van der Waals surface area contributed by atoms with Crippen molar-refractivity contribution in [2.24, 2.45) is 0 Å². The molecule has 0 aliphatic heterocycles. The van der Waals surface area contributed by atoms with Gasteiger partial charge in [0.1, 0.15) is 23.8 Å². The molecule has 2 aromatic rings. The molecule has 4 nitrogen and oxygen atoms in total. The fourth-order valence-electron chi connectivity index (χ4n) is 2.45.